The number of rotatable bonds is 1. The Balaban J connectivity index is 2.37. The third-order valence-corrected chi connectivity index (χ3v) is 3.09. The van der Waals surface area contributed by atoms with Crippen LogP contribution in [0.3, 0.4) is 0 Å². The molecule has 2 aromatic carbocycles. The second-order valence-corrected chi connectivity index (χ2v) is 4.52. The zero-order valence-electron chi connectivity index (χ0n) is 10.6. The summed E-state index contributed by atoms with van der Waals surface area (Å²) in [7, 11) is 0. The fourth-order valence-electron chi connectivity index (χ4n) is 2.10. The molecule has 3 aromatic rings. The average Bonchev–Trinajstić information content (AvgIpc) is 2.43. The molecule has 0 aliphatic heterocycles. The van der Waals surface area contributed by atoms with Gasteiger partial charge >= 0.3 is 0 Å². The van der Waals surface area contributed by atoms with Crippen LogP contribution in [-0.4, -0.2) is 20.4 Å². The van der Waals surface area contributed by atoms with E-state index in [1.165, 1.54) is 30.3 Å². The van der Waals surface area contributed by atoms with Crippen molar-refractivity contribution in [3.63, 3.8) is 0 Å². The van der Waals surface area contributed by atoms with Gasteiger partial charge in [-0.1, -0.05) is 0 Å². The van der Waals surface area contributed by atoms with Crippen LogP contribution in [0, 0.1) is 0 Å². The highest BCUT2D eigenvalue weighted by Gasteiger charge is 2.20. The van der Waals surface area contributed by atoms with E-state index in [0.29, 0.717) is 5.56 Å². The third-order valence-electron chi connectivity index (χ3n) is 3.09. The Morgan fingerprint density at radius 2 is 1.62 bits per heavy atom. The molecule has 0 bridgehead atoms. The fourth-order valence-corrected chi connectivity index (χ4v) is 2.10. The molecular formula is C15H11O6+. The van der Waals surface area contributed by atoms with Crippen LogP contribution in [0.15, 0.2) is 45.6 Å². The van der Waals surface area contributed by atoms with Gasteiger partial charge in [-0.15, -0.1) is 0 Å². The maximum Gasteiger partial charge on any atom is 0.273 e. The average molecular weight is 287 g/mol. The zero-order valence-corrected chi connectivity index (χ0v) is 10.6. The summed E-state index contributed by atoms with van der Waals surface area (Å²) in [6.45, 7) is 0. The van der Waals surface area contributed by atoms with Crippen molar-refractivity contribution in [3.8, 4) is 34.3 Å². The van der Waals surface area contributed by atoms with Crippen molar-refractivity contribution in [2.45, 2.75) is 0 Å². The predicted molar refractivity (Wildman–Crippen MR) is 76.0 cm³/mol. The first-order valence-corrected chi connectivity index (χ1v) is 6.01. The van der Waals surface area contributed by atoms with E-state index in [1.54, 1.807) is 0 Å². The van der Waals surface area contributed by atoms with Gasteiger partial charge in [0.05, 0.1) is 6.07 Å². The Labute approximate surface area is 117 Å². The molecule has 0 spiro atoms. The Morgan fingerprint density at radius 3 is 2.29 bits per heavy atom. The predicted octanol–water partition coefficient (Wildman–Crippen LogP) is 2.01. The summed E-state index contributed by atoms with van der Waals surface area (Å²) in [5.41, 5.74) is -0.352. The van der Waals surface area contributed by atoms with E-state index < -0.39 is 11.2 Å². The van der Waals surface area contributed by atoms with E-state index in [4.69, 9.17) is 9.52 Å². The van der Waals surface area contributed by atoms with Crippen molar-refractivity contribution in [2.75, 3.05) is 0 Å². The molecule has 0 radical (unpaired) electrons. The van der Waals surface area contributed by atoms with Crippen molar-refractivity contribution < 1.29 is 24.8 Å². The molecule has 0 saturated carbocycles. The minimum Gasteiger partial charge on any atom is -0.593 e. The van der Waals surface area contributed by atoms with Crippen molar-refractivity contribution in [2.24, 2.45) is 0 Å². The lowest BCUT2D eigenvalue weighted by atomic mass is 10.1. The standard InChI is InChI=1S/C15H10O6/c16-8-3-1-7(2-4-8)15-14(20)13(19)12-10(18)5-9(17)6-11(12)21-15/h1-6,16-18,20H/p+1. The van der Waals surface area contributed by atoms with Crippen LogP contribution in [0.5, 0.6) is 23.0 Å². The summed E-state index contributed by atoms with van der Waals surface area (Å²) in [5.74, 6) is -1.11. The highest BCUT2D eigenvalue weighted by molar-refractivity contribution is 5.88. The Kier molecular flexibility index (Phi) is 2.72. The highest BCUT2D eigenvalue weighted by Crippen LogP contribution is 2.35. The summed E-state index contributed by atoms with van der Waals surface area (Å²) in [6, 6.07) is 8.03. The monoisotopic (exact) mass is 287 g/mol. The van der Waals surface area contributed by atoms with Crippen LogP contribution in [0.25, 0.3) is 22.3 Å². The van der Waals surface area contributed by atoms with Gasteiger partial charge in [0.2, 0.25) is 11.2 Å². The largest absolute Gasteiger partial charge is 0.593 e. The number of fused-ring (bicyclic) bond motifs is 1. The third kappa shape index (κ3) is 2.02. The van der Waals surface area contributed by atoms with Gasteiger partial charge in [-0.2, -0.15) is 0 Å². The molecule has 0 aliphatic rings. The highest BCUT2D eigenvalue weighted by atomic mass is 16.4. The minimum absolute atomic E-state index is 0.00544. The number of hydrogen-bond donors (Lipinski definition) is 3. The van der Waals surface area contributed by atoms with Gasteiger partial charge < -0.3 is 24.8 Å². The first-order valence-electron chi connectivity index (χ1n) is 6.01. The van der Waals surface area contributed by atoms with E-state index in [0.717, 1.165) is 6.07 Å². The summed E-state index contributed by atoms with van der Waals surface area (Å²) in [4.78, 5) is 12.2. The first kappa shape index (κ1) is 12.9. The van der Waals surface area contributed by atoms with Crippen molar-refractivity contribution in [1.82, 2.24) is 0 Å². The zero-order chi connectivity index (χ0) is 15.1. The fraction of sp³-hybridized carbons (Fsp3) is 0. The van der Waals surface area contributed by atoms with E-state index in [-0.39, 0.29) is 34.0 Å². The maximum absolute atomic E-state index is 12.2. The second-order valence-electron chi connectivity index (χ2n) is 4.52. The molecule has 1 aromatic heterocycles. The van der Waals surface area contributed by atoms with Crippen LogP contribution in [0.4, 0.5) is 0 Å². The smallest absolute Gasteiger partial charge is 0.273 e. The van der Waals surface area contributed by atoms with Crippen LogP contribution in [0.1, 0.15) is 0 Å². The Bertz CT molecular complexity index is 893. The molecule has 1 heterocycles. The molecule has 21 heavy (non-hydrogen) atoms. The van der Waals surface area contributed by atoms with E-state index in [2.05, 4.69) is 0 Å². The minimum atomic E-state index is -0.746. The molecular weight excluding hydrogens is 276 g/mol. The topological polar surface area (TPSA) is 114 Å². The second kappa shape index (κ2) is 4.45. The molecule has 3 rings (SSSR count). The molecule has 0 fully saturated rings. The van der Waals surface area contributed by atoms with E-state index in [1.807, 2.05) is 0 Å². The van der Waals surface area contributed by atoms with E-state index in [9.17, 15) is 20.1 Å². The molecule has 0 saturated heterocycles. The van der Waals surface area contributed by atoms with Crippen LogP contribution >= 0.6 is 0 Å². The summed E-state index contributed by atoms with van der Waals surface area (Å²) < 4.78 is 5.45. The summed E-state index contributed by atoms with van der Waals surface area (Å²) in [5, 5.41) is 36.3. The van der Waals surface area contributed by atoms with Crippen molar-refractivity contribution in [3.05, 3.63) is 46.6 Å². The van der Waals surface area contributed by atoms with Gasteiger partial charge in [0.1, 0.15) is 11.5 Å². The van der Waals surface area contributed by atoms with Crippen molar-refractivity contribution >= 4 is 11.0 Å². The molecule has 0 aliphatic carbocycles. The number of phenolic OH excluding ortho intramolecular Hbond substituents is 2. The van der Waals surface area contributed by atoms with Gasteiger partial charge in [-0.25, -0.2) is 0 Å². The Morgan fingerprint density at radius 1 is 0.952 bits per heavy atom. The van der Waals surface area contributed by atoms with Crippen molar-refractivity contribution in [1.29, 1.82) is 0 Å². The lowest BCUT2D eigenvalue weighted by Crippen LogP contribution is -2.02. The SMILES string of the molecule is O=c1c(O)c(-c2ccc(O)cc2)oc2cc(O)cc([OH2+])c12. The molecule has 6 heteroatoms. The lowest BCUT2D eigenvalue weighted by Gasteiger charge is -2.06. The molecule has 106 valence electrons. The van der Waals surface area contributed by atoms with Gasteiger partial charge in [0.25, 0.3) is 5.75 Å². The number of phenols is 2. The number of aromatic hydroxyl groups is 3. The van der Waals surface area contributed by atoms with Gasteiger partial charge in [-0.3, -0.25) is 4.79 Å². The van der Waals surface area contributed by atoms with Crippen LogP contribution < -0.4 is 5.43 Å². The molecule has 0 amide bonds. The Hall–Kier alpha value is -3.15. The summed E-state index contributed by atoms with van der Waals surface area (Å²) >= 11 is 0. The van der Waals surface area contributed by atoms with Crippen LogP contribution in [-0.2, 0) is 0 Å². The number of hydrogen-bond acceptors (Lipinski definition) is 5. The molecule has 0 atom stereocenters. The molecule has 5 N–H and O–H groups in total. The normalized spacial score (nSPS) is 10.9. The van der Waals surface area contributed by atoms with Crippen LogP contribution in [0.2, 0.25) is 0 Å². The number of benzene rings is 2. The van der Waals surface area contributed by atoms with Gasteiger partial charge in [-0.05, 0) is 24.3 Å². The maximum atomic E-state index is 12.2. The quantitative estimate of drug-likeness (QED) is 0.592. The van der Waals surface area contributed by atoms with E-state index >= 15 is 0 Å². The summed E-state index contributed by atoms with van der Waals surface area (Å²) in [6.07, 6.45) is 0. The molecule has 0 unspecified atom stereocenters. The lowest BCUT2D eigenvalue weighted by molar-refractivity contribution is 0.438. The van der Waals surface area contributed by atoms with Gasteiger partial charge in [0, 0.05) is 11.6 Å². The molecule has 6 nitrogen and oxygen atoms in total. The van der Waals surface area contributed by atoms with Gasteiger partial charge in [0.15, 0.2) is 16.7 Å². The first-order chi connectivity index (χ1) is 9.97.